The Balaban J connectivity index is 1.23. The van der Waals surface area contributed by atoms with Crippen molar-refractivity contribution in [1.29, 1.82) is 0 Å². The van der Waals surface area contributed by atoms with Gasteiger partial charge in [-0.25, -0.2) is 9.59 Å². The molecule has 0 unspecified atom stereocenters. The highest BCUT2D eigenvalue weighted by atomic mass is 16.7. The molecule has 0 aromatic heterocycles. The van der Waals surface area contributed by atoms with Gasteiger partial charge in [-0.2, -0.15) is 0 Å². The van der Waals surface area contributed by atoms with Crippen LogP contribution in [-0.2, 0) is 39.9 Å². The average Bonchev–Trinajstić information content (AvgIpc) is 3.34. The van der Waals surface area contributed by atoms with Crippen molar-refractivity contribution >= 4 is 35.5 Å². The molecular weight excluding hydrogens is 969 g/mol. The molecule has 2 amide bonds. The van der Waals surface area contributed by atoms with E-state index in [0.717, 1.165) is 23.1 Å². The first kappa shape index (κ1) is 52.1. The van der Waals surface area contributed by atoms with Crippen LogP contribution in [-0.4, -0.2) is 174 Å². The average molecular weight is 1020 g/mol. The molecule has 24 nitrogen and oxygen atoms in total. The number of likely N-dealkylation sites (N-methyl/N-ethyl adjacent to an activating group) is 1. The van der Waals surface area contributed by atoms with Crippen LogP contribution >= 0.6 is 0 Å². The molecule has 2 aliphatic heterocycles. The minimum atomic E-state index is -2.06. The summed E-state index contributed by atoms with van der Waals surface area (Å²) in [5.74, 6) is -9.46. The van der Waals surface area contributed by atoms with Gasteiger partial charge in [-0.3, -0.25) is 19.2 Å². The summed E-state index contributed by atoms with van der Waals surface area (Å²) >= 11 is 0. The maximum atomic E-state index is 14.3. The zero-order valence-electron chi connectivity index (χ0n) is 39.1. The first-order chi connectivity index (χ1) is 34.5. The van der Waals surface area contributed by atoms with Gasteiger partial charge in [-0.15, -0.1) is 0 Å². The minimum absolute atomic E-state index is 0.0423. The highest BCUT2D eigenvalue weighted by Crippen LogP contribution is 2.57. The maximum absolute atomic E-state index is 14.3. The fourth-order valence-corrected chi connectivity index (χ4v) is 9.63. The summed E-state index contributed by atoms with van der Waals surface area (Å²) in [4.78, 5) is 80.6. The minimum Gasteiger partial charge on any atom is -0.507 e. The van der Waals surface area contributed by atoms with Crippen LogP contribution in [0.5, 0.6) is 23.0 Å². The van der Waals surface area contributed by atoms with E-state index in [1.165, 1.54) is 34.1 Å². The predicted octanol–water partition coefficient (Wildman–Crippen LogP) is 0.892. The molecule has 388 valence electrons. The second-order valence-corrected chi connectivity index (χ2v) is 17.9. The molecule has 4 aliphatic rings. The lowest BCUT2D eigenvalue weighted by atomic mass is 9.74. The molecule has 73 heavy (non-hydrogen) atoms. The summed E-state index contributed by atoms with van der Waals surface area (Å²) < 4.78 is 34.9. The van der Waals surface area contributed by atoms with E-state index in [-0.39, 0.29) is 23.5 Å². The quantitative estimate of drug-likeness (QED) is 0.0780. The van der Waals surface area contributed by atoms with Crippen LogP contribution in [0.1, 0.15) is 90.0 Å². The fourth-order valence-electron chi connectivity index (χ4n) is 9.63. The van der Waals surface area contributed by atoms with Crippen molar-refractivity contribution in [3.8, 4) is 34.1 Å². The number of carbonyl (C=O) groups excluding carboxylic acids is 4. The lowest BCUT2D eigenvalue weighted by Crippen LogP contribution is -2.66. The first-order valence-corrected chi connectivity index (χ1v) is 22.5. The Morgan fingerprint density at radius 1 is 0.808 bits per heavy atom. The van der Waals surface area contributed by atoms with E-state index in [4.69, 9.17) is 28.4 Å². The number of phenols is 3. The number of nitrogens with zero attached hydrogens (tertiary/aromatic N) is 1. The Bertz CT molecular complexity index is 2890. The smallest absolute Gasteiger partial charge is 0.410 e. The molecule has 2 heterocycles. The number of aliphatic hydroxyl groups is 5. The van der Waals surface area contributed by atoms with E-state index in [1.54, 1.807) is 30.3 Å². The number of aliphatic carboxylic acids is 2. The monoisotopic (exact) mass is 1020 g/mol. The second-order valence-electron chi connectivity index (χ2n) is 17.9. The number of hydrogen-bond acceptors (Lipinski definition) is 20. The Morgan fingerprint density at radius 2 is 1.47 bits per heavy atom. The molecule has 12 atom stereocenters. The van der Waals surface area contributed by atoms with Gasteiger partial charge in [-0.05, 0) is 48.2 Å². The number of carboxylic acids is 2. The number of nitrogens with one attached hydrogen (secondary N) is 1. The van der Waals surface area contributed by atoms with Gasteiger partial charge >= 0.3 is 18.0 Å². The molecule has 0 bridgehead atoms. The zero-order chi connectivity index (χ0) is 53.1. The molecule has 0 saturated carbocycles. The van der Waals surface area contributed by atoms with Gasteiger partial charge in [0.1, 0.15) is 78.4 Å². The molecule has 24 heteroatoms. The Labute approximate surface area is 413 Å². The molecule has 0 spiro atoms. The van der Waals surface area contributed by atoms with Gasteiger partial charge in [0.25, 0.3) is 5.91 Å². The van der Waals surface area contributed by atoms with Crippen LogP contribution in [0.4, 0.5) is 4.79 Å². The number of amides is 2. The molecule has 8 rings (SSSR count). The molecule has 2 aliphatic carbocycles. The van der Waals surface area contributed by atoms with Crippen LogP contribution in [0.3, 0.4) is 0 Å². The molecule has 4 aromatic carbocycles. The standard InChI is InChI=1S/C49H50N2O22/c1-17-10-24-32(39(60)29(17)45(64)50-25(46(65)66)14-28(54)55)31-22(13-23-33(40(31)61)36(57)21-11-20(68-4)12-26(52)30(21)35(23)56)37(58)43(24)72-48-42(63)44(73-47-41(62)38(59)27(53)16-69-47)34(18(2)71-48)51(3)49(67)70-15-19-8-6-5-7-9-19/h5-13,18,25,27,34,37-38,41-44,47-48,52-53,58-63H,14-16H2,1-4H3,(H,50,64)(H,54,55)(H,65,66)/t18-,25+,27-,34+,37+,38+,41-,42-,43+,44+,47+,48+/m1/s1. The summed E-state index contributed by atoms with van der Waals surface area (Å²) in [5.41, 5.74) is -4.08. The molecule has 2 saturated heterocycles. The number of ether oxygens (including phenoxy) is 6. The van der Waals surface area contributed by atoms with Gasteiger partial charge in [0, 0.05) is 35.4 Å². The third-order valence-corrected chi connectivity index (χ3v) is 13.2. The van der Waals surface area contributed by atoms with Crippen molar-refractivity contribution < 1.29 is 108 Å². The highest BCUT2D eigenvalue weighted by molar-refractivity contribution is 6.31. The Hall–Kier alpha value is -7.26. The molecule has 0 radical (unpaired) electrons. The zero-order valence-corrected chi connectivity index (χ0v) is 39.1. The first-order valence-electron chi connectivity index (χ1n) is 22.5. The summed E-state index contributed by atoms with van der Waals surface area (Å²) in [7, 11) is 2.53. The summed E-state index contributed by atoms with van der Waals surface area (Å²) in [5, 5.41) is 113. The number of carbonyl (C=O) groups is 6. The number of rotatable bonds is 13. The van der Waals surface area contributed by atoms with Crippen LogP contribution in [0.15, 0.2) is 54.6 Å². The van der Waals surface area contributed by atoms with Crippen LogP contribution in [0.25, 0.3) is 11.1 Å². The number of fused-ring (bicyclic) bond motifs is 5. The number of hydrogen-bond donors (Lipinski definition) is 11. The van der Waals surface area contributed by atoms with Gasteiger partial charge in [0.05, 0.1) is 49.0 Å². The summed E-state index contributed by atoms with van der Waals surface area (Å²) in [6, 6.07) is 9.64. The number of aromatic hydroxyl groups is 3. The van der Waals surface area contributed by atoms with E-state index in [9.17, 15) is 79.8 Å². The number of phenolic OH excluding ortho intramolecular Hbond substituents is 3. The third-order valence-electron chi connectivity index (χ3n) is 13.2. The van der Waals surface area contributed by atoms with Crippen molar-refractivity contribution in [2.24, 2.45) is 0 Å². The van der Waals surface area contributed by atoms with E-state index in [1.807, 2.05) is 5.32 Å². The molecular formula is C49H50N2O22. The molecule has 4 aromatic rings. The van der Waals surface area contributed by atoms with Crippen LogP contribution in [0.2, 0.25) is 0 Å². The number of ketones is 2. The van der Waals surface area contributed by atoms with Crippen molar-refractivity contribution in [3.05, 3.63) is 105 Å². The largest absolute Gasteiger partial charge is 0.507 e. The fraction of sp³-hybridized carbons (Fsp3) is 0.388. The number of carboxylic acid groups (broad SMARTS) is 2. The normalized spacial score (nSPS) is 26.6. The lowest BCUT2D eigenvalue weighted by Gasteiger charge is -2.49. The van der Waals surface area contributed by atoms with Crippen molar-refractivity contribution in [2.45, 2.75) is 100 Å². The lowest BCUT2D eigenvalue weighted by molar-refractivity contribution is -0.344. The Kier molecular flexibility index (Phi) is 14.5. The van der Waals surface area contributed by atoms with Crippen LogP contribution in [0, 0.1) is 6.92 Å². The number of aryl methyl sites for hydroxylation is 1. The predicted molar refractivity (Wildman–Crippen MR) is 243 cm³/mol. The summed E-state index contributed by atoms with van der Waals surface area (Å²) in [6.07, 6.45) is -19.9. The van der Waals surface area contributed by atoms with Gasteiger partial charge in [0.2, 0.25) is 0 Å². The van der Waals surface area contributed by atoms with Crippen LogP contribution < -0.4 is 10.1 Å². The topological polar surface area (TPSA) is 375 Å². The maximum Gasteiger partial charge on any atom is 0.410 e. The van der Waals surface area contributed by atoms with Gasteiger partial charge in [-0.1, -0.05) is 36.4 Å². The third kappa shape index (κ3) is 9.39. The van der Waals surface area contributed by atoms with E-state index in [0.29, 0.717) is 5.56 Å². The molecule has 2 fully saturated rings. The molecule has 11 N–H and O–H groups in total. The number of benzene rings is 4. The summed E-state index contributed by atoms with van der Waals surface area (Å²) in [6.45, 7) is 1.99. The van der Waals surface area contributed by atoms with Gasteiger partial charge < -0.3 is 89.7 Å². The Morgan fingerprint density at radius 3 is 2.12 bits per heavy atom. The number of aliphatic hydroxyl groups excluding tert-OH is 5. The number of methoxy groups -OCH3 is 1. The SMILES string of the molecule is COc1cc(O)c2c(c1)C(=O)c1c(cc3c(c1O)-c1c(cc(C)c(C(=O)N[C@@H](CC(=O)O)C(=O)O)c1O)[C@H](O[C@@H]1O[C@H](C)[C@H](N(C)C(=O)OCc4ccccc4)[C@H](O[C@@H]4OC[C@@H](O)[C@H](O)[C@H]4O)[C@H]1O)[C@H]3O)C2=O. The van der Waals surface area contributed by atoms with Crippen molar-refractivity contribution in [1.82, 2.24) is 10.2 Å². The van der Waals surface area contributed by atoms with Gasteiger partial charge in [0.15, 0.2) is 24.1 Å². The van der Waals surface area contributed by atoms with E-state index in [2.05, 4.69) is 0 Å². The highest BCUT2D eigenvalue weighted by Gasteiger charge is 2.53. The van der Waals surface area contributed by atoms with E-state index < -0.39 is 184 Å². The van der Waals surface area contributed by atoms with Crippen molar-refractivity contribution in [3.63, 3.8) is 0 Å². The van der Waals surface area contributed by atoms with E-state index >= 15 is 0 Å². The second kappa shape index (κ2) is 20.3. The van der Waals surface area contributed by atoms with Crippen molar-refractivity contribution in [2.75, 3.05) is 20.8 Å².